The highest BCUT2D eigenvalue weighted by molar-refractivity contribution is 5.95. The summed E-state index contributed by atoms with van der Waals surface area (Å²) >= 11 is 0. The Morgan fingerprint density at radius 2 is 1.42 bits per heavy atom. The molecule has 1 atom stereocenters. The minimum atomic E-state index is -0.0285. The normalized spacial score (nSPS) is 24.0. The standard InChI is InChI=1S/C29H35NO/c1-19-5-7-23(8-6-19)24-9-11-25(12-10-24)26-13-15-27(16-14-26)29(31)30-28-17-20(2)22(4)21(3)18-28/h9-17,19,21,23H,5-8,18H2,1-4H3,(H,30,31). The molecule has 2 aromatic carbocycles. The van der Waals surface area contributed by atoms with Gasteiger partial charge in [0.25, 0.3) is 5.91 Å². The molecule has 4 rings (SSSR count). The van der Waals surface area contributed by atoms with Gasteiger partial charge in [0.05, 0.1) is 0 Å². The molecule has 0 heterocycles. The highest BCUT2D eigenvalue weighted by Gasteiger charge is 2.20. The first-order valence-corrected chi connectivity index (χ1v) is 11.8. The predicted octanol–water partition coefficient (Wildman–Crippen LogP) is 7.64. The molecule has 2 aliphatic carbocycles. The summed E-state index contributed by atoms with van der Waals surface area (Å²) in [4.78, 5) is 12.7. The number of nitrogens with one attached hydrogen (secondary N) is 1. The third-order valence-corrected chi connectivity index (χ3v) is 7.43. The van der Waals surface area contributed by atoms with E-state index in [-0.39, 0.29) is 5.91 Å². The van der Waals surface area contributed by atoms with Gasteiger partial charge < -0.3 is 5.32 Å². The first-order valence-electron chi connectivity index (χ1n) is 11.8. The number of hydrogen-bond donors (Lipinski definition) is 1. The molecule has 0 saturated heterocycles. The Morgan fingerprint density at radius 1 is 0.839 bits per heavy atom. The molecule has 0 radical (unpaired) electrons. The van der Waals surface area contributed by atoms with E-state index in [4.69, 9.17) is 0 Å². The van der Waals surface area contributed by atoms with Crippen LogP contribution in [0.25, 0.3) is 11.1 Å². The van der Waals surface area contributed by atoms with E-state index in [0.717, 1.165) is 29.5 Å². The first-order chi connectivity index (χ1) is 14.9. The summed E-state index contributed by atoms with van der Waals surface area (Å²) in [6.07, 6.45) is 8.32. The Balaban J connectivity index is 1.41. The molecule has 2 nitrogen and oxygen atoms in total. The fourth-order valence-corrected chi connectivity index (χ4v) is 4.97. The van der Waals surface area contributed by atoms with E-state index in [0.29, 0.717) is 11.5 Å². The van der Waals surface area contributed by atoms with Gasteiger partial charge >= 0.3 is 0 Å². The predicted molar refractivity (Wildman–Crippen MR) is 130 cm³/mol. The number of hydrogen-bond acceptors (Lipinski definition) is 1. The summed E-state index contributed by atoms with van der Waals surface area (Å²) in [5.41, 5.74) is 8.22. The van der Waals surface area contributed by atoms with Crippen LogP contribution in [0.1, 0.15) is 81.6 Å². The lowest BCUT2D eigenvalue weighted by Gasteiger charge is -2.26. The van der Waals surface area contributed by atoms with Crippen molar-refractivity contribution >= 4 is 5.91 Å². The van der Waals surface area contributed by atoms with E-state index >= 15 is 0 Å². The van der Waals surface area contributed by atoms with Gasteiger partial charge in [-0.05, 0) is 85.8 Å². The number of amides is 1. The van der Waals surface area contributed by atoms with Crippen LogP contribution in [-0.4, -0.2) is 5.91 Å². The lowest BCUT2D eigenvalue weighted by molar-refractivity contribution is 0.0964. The lowest BCUT2D eigenvalue weighted by atomic mass is 9.79. The molecule has 0 aromatic heterocycles. The molecule has 2 aromatic rings. The van der Waals surface area contributed by atoms with Gasteiger partial charge in [-0.1, -0.05) is 74.2 Å². The van der Waals surface area contributed by atoms with Crippen molar-refractivity contribution in [3.05, 3.63) is 82.6 Å². The molecule has 162 valence electrons. The minimum absolute atomic E-state index is 0.0285. The third-order valence-electron chi connectivity index (χ3n) is 7.43. The van der Waals surface area contributed by atoms with Crippen molar-refractivity contribution in [2.45, 2.75) is 65.7 Å². The Morgan fingerprint density at radius 3 is 2.00 bits per heavy atom. The average Bonchev–Trinajstić information content (AvgIpc) is 2.78. The summed E-state index contributed by atoms with van der Waals surface area (Å²) in [5, 5.41) is 3.11. The molecule has 1 N–H and O–H groups in total. The van der Waals surface area contributed by atoms with E-state index in [1.165, 1.54) is 48.0 Å². The maximum Gasteiger partial charge on any atom is 0.255 e. The average molecular weight is 414 g/mol. The van der Waals surface area contributed by atoms with Gasteiger partial charge in [0, 0.05) is 11.3 Å². The van der Waals surface area contributed by atoms with Crippen molar-refractivity contribution in [2.75, 3.05) is 0 Å². The van der Waals surface area contributed by atoms with Gasteiger partial charge in [-0.3, -0.25) is 4.79 Å². The zero-order valence-corrected chi connectivity index (χ0v) is 19.4. The Bertz CT molecular complexity index is 986. The second-order valence-corrected chi connectivity index (χ2v) is 9.75. The molecular formula is C29H35NO. The van der Waals surface area contributed by atoms with Crippen molar-refractivity contribution in [2.24, 2.45) is 11.8 Å². The van der Waals surface area contributed by atoms with Crippen molar-refractivity contribution in [3.8, 4) is 11.1 Å². The van der Waals surface area contributed by atoms with Crippen LogP contribution in [0, 0.1) is 11.8 Å². The summed E-state index contributed by atoms with van der Waals surface area (Å²) < 4.78 is 0. The highest BCUT2D eigenvalue weighted by Crippen LogP contribution is 2.36. The second-order valence-electron chi connectivity index (χ2n) is 9.75. The first kappa shape index (κ1) is 21.6. The van der Waals surface area contributed by atoms with Crippen molar-refractivity contribution in [3.63, 3.8) is 0 Å². The van der Waals surface area contributed by atoms with E-state index in [1.54, 1.807) is 0 Å². The van der Waals surface area contributed by atoms with E-state index in [9.17, 15) is 4.79 Å². The number of carbonyl (C=O) groups is 1. The largest absolute Gasteiger partial charge is 0.326 e. The van der Waals surface area contributed by atoms with Crippen LogP contribution in [0.4, 0.5) is 0 Å². The molecule has 31 heavy (non-hydrogen) atoms. The molecule has 0 spiro atoms. The third kappa shape index (κ3) is 5.01. The molecule has 2 heteroatoms. The quantitative estimate of drug-likeness (QED) is 0.548. The van der Waals surface area contributed by atoms with E-state index in [2.05, 4.69) is 75.5 Å². The molecule has 1 amide bonds. The second kappa shape index (κ2) is 9.26. The van der Waals surface area contributed by atoms with Crippen LogP contribution in [0.15, 0.2) is 71.5 Å². The van der Waals surface area contributed by atoms with Gasteiger partial charge in [0.1, 0.15) is 0 Å². The number of allylic oxidation sites excluding steroid dienone is 4. The number of carbonyl (C=O) groups excluding carboxylic acids is 1. The van der Waals surface area contributed by atoms with Gasteiger partial charge in [0.2, 0.25) is 0 Å². The Kier molecular flexibility index (Phi) is 6.46. The topological polar surface area (TPSA) is 29.1 Å². The Labute approximate surface area is 187 Å². The van der Waals surface area contributed by atoms with Crippen LogP contribution in [-0.2, 0) is 0 Å². The summed E-state index contributed by atoms with van der Waals surface area (Å²) in [6.45, 7) is 8.88. The smallest absolute Gasteiger partial charge is 0.255 e. The van der Waals surface area contributed by atoms with E-state index < -0.39 is 0 Å². The SMILES string of the molecule is CC1=C(C)C(C)CC(NC(=O)c2ccc(-c3ccc(C4CCC(C)CC4)cc3)cc2)=C1. The molecule has 1 fully saturated rings. The van der Waals surface area contributed by atoms with Crippen molar-refractivity contribution in [1.82, 2.24) is 5.32 Å². The summed E-state index contributed by atoms with van der Waals surface area (Å²) in [7, 11) is 0. The van der Waals surface area contributed by atoms with Gasteiger partial charge in [-0.25, -0.2) is 0 Å². The van der Waals surface area contributed by atoms with Crippen molar-refractivity contribution in [1.29, 1.82) is 0 Å². The number of benzene rings is 2. The van der Waals surface area contributed by atoms with Crippen LogP contribution >= 0.6 is 0 Å². The monoisotopic (exact) mass is 413 g/mol. The lowest BCUT2D eigenvalue weighted by Crippen LogP contribution is -2.25. The van der Waals surface area contributed by atoms with Gasteiger partial charge in [0.15, 0.2) is 0 Å². The van der Waals surface area contributed by atoms with E-state index in [1.807, 2.05) is 12.1 Å². The minimum Gasteiger partial charge on any atom is -0.326 e. The summed E-state index contributed by atoms with van der Waals surface area (Å²) in [5.74, 6) is 2.05. The van der Waals surface area contributed by atoms with Gasteiger partial charge in [-0.15, -0.1) is 0 Å². The van der Waals surface area contributed by atoms with Crippen LogP contribution in [0.5, 0.6) is 0 Å². The molecule has 0 bridgehead atoms. The summed E-state index contributed by atoms with van der Waals surface area (Å²) in [6, 6.07) is 17.0. The van der Waals surface area contributed by atoms with Gasteiger partial charge in [-0.2, -0.15) is 0 Å². The zero-order chi connectivity index (χ0) is 22.0. The fraction of sp³-hybridized carbons (Fsp3) is 0.414. The number of rotatable bonds is 4. The molecule has 0 aliphatic heterocycles. The fourth-order valence-electron chi connectivity index (χ4n) is 4.97. The van der Waals surface area contributed by atoms with Crippen molar-refractivity contribution < 1.29 is 4.79 Å². The maximum absolute atomic E-state index is 12.7. The van der Waals surface area contributed by atoms with Crippen LogP contribution in [0.3, 0.4) is 0 Å². The molecule has 2 aliphatic rings. The zero-order valence-electron chi connectivity index (χ0n) is 19.4. The van der Waals surface area contributed by atoms with Crippen LogP contribution < -0.4 is 5.32 Å². The molecule has 1 saturated carbocycles. The molecular weight excluding hydrogens is 378 g/mol. The van der Waals surface area contributed by atoms with Crippen LogP contribution in [0.2, 0.25) is 0 Å². The molecule has 1 unspecified atom stereocenters. The Hall–Kier alpha value is -2.61. The highest BCUT2D eigenvalue weighted by atomic mass is 16.1. The maximum atomic E-state index is 12.7.